The van der Waals surface area contributed by atoms with Crippen molar-refractivity contribution >= 4 is 81.2 Å². The van der Waals surface area contributed by atoms with Crippen LogP contribution in [0, 0.1) is 17.8 Å². The Bertz CT molecular complexity index is 1250. The number of nitrogens with one attached hydrogen (secondary N) is 2. The third kappa shape index (κ3) is 5.23. The van der Waals surface area contributed by atoms with Gasteiger partial charge in [0.25, 0.3) is 5.91 Å². The van der Waals surface area contributed by atoms with E-state index in [2.05, 4.69) is 16.7 Å². The van der Waals surface area contributed by atoms with Crippen molar-refractivity contribution in [2.75, 3.05) is 10.6 Å². The number of carbonyl (C=O) groups is 2. The fraction of sp³-hybridized carbons (Fsp3) is 0.130. The number of rotatable bonds is 5. The summed E-state index contributed by atoms with van der Waals surface area (Å²) in [5.41, 5.74) is 1.26. The zero-order valence-electron chi connectivity index (χ0n) is 16.4. The smallest absolute Gasteiger partial charge is 0.257 e. The number of benzene rings is 3. The minimum absolute atomic E-state index is 0.0830. The van der Waals surface area contributed by atoms with Crippen molar-refractivity contribution in [2.45, 2.75) is 10.3 Å². The molecule has 0 spiro atoms. The normalized spacial score (nSPS) is 18.5. The molecule has 2 amide bonds. The highest BCUT2D eigenvalue weighted by Gasteiger charge is 2.67. The molecule has 1 aliphatic rings. The summed E-state index contributed by atoms with van der Waals surface area (Å²) < 4.78 is 12.0. The molecule has 33 heavy (non-hydrogen) atoms. The van der Waals surface area contributed by atoms with E-state index in [9.17, 15) is 14.0 Å². The second-order valence-corrected chi connectivity index (χ2v) is 10.1. The third-order valence-corrected chi connectivity index (χ3v) is 6.79. The molecule has 3 aromatic rings. The lowest BCUT2D eigenvalue weighted by molar-refractivity contribution is -0.117. The fourth-order valence-corrected chi connectivity index (χ4v) is 5.11. The van der Waals surface area contributed by atoms with Gasteiger partial charge in [-0.05, 0) is 60.2 Å². The van der Waals surface area contributed by atoms with Gasteiger partial charge in [-0.15, -0.1) is 23.2 Å². The Morgan fingerprint density at radius 3 is 2.24 bits per heavy atom. The molecule has 0 saturated heterocycles. The molecule has 0 aliphatic heterocycles. The van der Waals surface area contributed by atoms with Gasteiger partial charge in [-0.3, -0.25) is 9.59 Å². The Labute approximate surface area is 213 Å². The first kappa shape index (κ1) is 24.1. The summed E-state index contributed by atoms with van der Waals surface area (Å²) in [7, 11) is 0. The number of hydrogen-bond acceptors (Lipinski definition) is 2. The van der Waals surface area contributed by atoms with E-state index in [-0.39, 0.29) is 16.3 Å². The number of hydrogen-bond donors (Lipinski definition) is 2. The average molecular weight is 546 g/mol. The van der Waals surface area contributed by atoms with E-state index in [1.807, 2.05) is 0 Å². The van der Waals surface area contributed by atoms with Crippen molar-refractivity contribution in [3.63, 3.8) is 0 Å². The highest BCUT2D eigenvalue weighted by Crippen LogP contribution is 2.65. The molecule has 0 heterocycles. The number of halogens is 6. The van der Waals surface area contributed by atoms with E-state index in [1.54, 1.807) is 18.2 Å². The van der Waals surface area contributed by atoms with Crippen LogP contribution < -0.4 is 10.6 Å². The van der Waals surface area contributed by atoms with Crippen molar-refractivity contribution in [3.05, 3.63) is 92.7 Å². The van der Waals surface area contributed by atoms with Gasteiger partial charge in [-0.25, -0.2) is 4.39 Å². The standard InChI is InChI=1S/C23H13Cl5FN2O2/c24-12-6-11(7-13(25)8-12)19-20(23(19,27)28)22(33)31-16-4-5-18(26)17(10-16)21(32)30-15-3-1-2-14(29)9-15/h1,3-10,19-20H,(H,30,32)(H,31,33). The van der Waals surface area contributed by atoms with Gasteiger partial charge in [0.15, 0.2) is 0 Å². The molecule has 4 nitrogen and oxygen atoms in total. The van der Waals surface area contributed by atoms with E-state index in [1.165, 1.54) is 30.3 Å². The lowest BCUT2D eigenvalue weighted by Gasteiger charge is -2.10. The molecule has 1 radical (unpaired) electrons. The molecule has 0 aromatic heterocycles. The minimum atomic E-state index is -1.35. The summed E-state index contributed by atoms with van der Waals surface area (Å²) in [6, 6.07) is 15.6. The van der Waals surface area contributed by atoms with Crippen LogP contribution in [0.25, 0.3) is 0 Å². The first-order valence-corrected chi connectivity index (χ1v) is 11.4. The molecule has 3 aromatic carbocycles. The number of carbonyl (C=O) groups excluding carboxylic acids is 2. The Hall–Kier alpha value is -2.02. The van der Waals surface area contributed by atoms with Crippen LogP contribution in [0.1, 0.15) is 21.8 Å². The first-order chi connectivity index (χ1) is 15.6. The van der Waals surface area contributed by atoms with Gasteiger partial charge < -0.3 is 10.6 Å². The molecular weight excluding hydrogens is 533 g/mol. The van der Waals surface area contributed by atoms with Gasteiger partial charge in [0.1, 0.15) is 10.2 Å². The molecule has 2 atom stereocenters. The summed E-state index contributed by atoms with van der Waals surface area (Å²) in [5.74, 6) is -2.94. The van der Waals surface area contributed by atoms with Crippen LogP contribution in [-0.4, -0.2) is 16.1 Å². The molecule has 10 heteroatoms. The quantitative estimate of drug-likeness (QED) is 0.329. The summed E-state index contributed by atoms with van der Waals surface area (Å²) in [5, 5.41) is 6.20. The highest BCUT2D eigenvalue weighted by atomic mass is 35.5. The largest absolute Gasteiger partial charge is 0.326 e. The molecule has 4 rings (SSSR count). The molecule has 2 N–H and O–H groups in total. The maximum absolute atomic E-state index is 13.3. The lowest BCUT2D eigenvalue weighted by atomic mass is 10.1. The molecule has 169 valence electrons. The van der Waals surface area contributed by atoms with E-state index in [0.29, 0.717) is 21.3 Å². The zero-order valence-corrected chi connectivity index (χ0v) is 20.2. The molecule has 2 unspecified atom stereocenters. The van der Waals surface area contributed by atoms with Crippen LogP contribution in [0.15, 0.2) is 54.6 Å². The first-order valence-electron chi connectivity index (χ1n) is 9.49. The van der Waals surface area contributed by atoms with Crippen molar-refractivity contribution in [3.8, 4) is 0 Å². The Morgan fingerprint density at radius 1 is 0.909 bits per heavy atom. The lowest BCUT2D eigenvalue weighted by Crippen LogP contribution is -2.18. The van der Waals surface area contributed by atoms with E-state index >= 15 is 0 Å². The maximum atomic E-state index is 13.3. The summed E-state index contributed by atoms with van der Waals surface area (Å²) in [6.45, 7) is 0. The van der Waals surface area contributed by atoms with Gasteiger partial charge in [0.2, 0.25) is 5.91 Å². The summed E-state index contributed by atoms with van der Waals surface area (Å²) >= 11 is 31.0. The third-order valence-electron chi connectivity index (χ3n) is 5.08. The van der Waals surface area contributed by atoms with E-state index < -0.39 is 33.8 Å². The minimum Gasteiger partial charge on any atom is -0.326 e. The molecule has 1 aliphatic carbocycles. The van der Waals surface area contributed by atoms with Crippen LogP contribution in [0.2, 0.25) is 15.1 Å². The van der Waals surface area contributed by atoms with Gasteiger partial charge in [0, 0.05) is 33.4 Å². The SMILES string of the molecule is O=C(Nc1cc[c]c(F)c1)c1cc(NC(=O)C2C(c3cc(Cl)cc(Cl)c3)C2(Cl)Cl)ccc1Cl. The molecule has 1 fully saturated rings. The van der Waals surface area contributed by atoms with E-state index in [0.717, 1.165) is 6.07 Å². The average Bonchev–Trinajstić information content (AvgIpc) is 3.31. The van der Waals surface area contributed by atoms with Crippen LogP contribution in [0.3, 0.4) is 0 Å². The number of anilines is 2. The topological polar surface area (TPSA) is 58.2 Å². The van der Waals surface area contributed by atoms with Crippen LogP contribution in [0.5, 0.6) is 0 Å². The zero-order chi connectivity index (χ0) is 23.9. The fourth-order valence-electron chi connectivity index (χ4n) is 3.53. The number of alkyl halides is 2. The van der Waals surface area contributed by atoms with Crippen LogP contribution >= 0.6 is 58.0 Å². The maximum Gasteiger partial charge on any atom is 0.257 e. The van der Waals surface area contributed by atoms with Gasteiger partial charge in [-0.2, -0.15) is 0 Å². The van der Waals surface area contributed by atoms with Crippen molar-refractivity contribution < 1.29 is 14.0 Å². The van der Waals surface area contributed by atoms with Gasteiger partial charge in [-0.1, -0.05) is 34.8 Å². The van der Waals surface area contributed by atoms with Crippen molar-refractivity contribution in [2.24, 2.45) is 5.92 Å². The molecule has 0 bridgehead atoms. The predicted molar refractivity (Wildman–Crippen MR) is 130 cm³/mol. The summed E-state index contributed by atoms with van der Waals surface area (Å²) in [4.78, 5) is 25.5. The Kier molecular flexibility index (Phi) is 6.81. The highest BCUT2D eigenvalue weighted by molar-refractivity contribution is 6.53. The van der Waals surface area contributed by atoms with Crippen molar-refractivity contribution in [1.29, 1.82) is 0 Å². The van der Waals surface area contributed by atoms with Crippen LogP contribution in [0.4, 0.5) is 15.8 Å². The summed E-state index contributed by atoms with van der Waals surface area (Å²) in [6.07, 6.45) is 0. The second kappa shape index (κ2) is 9.32. The van der Waals surface area contributed by atoms with Crippen molar-refractivity contribution in [1.82, 2.24) is 0 Å². The Morgan fingerprint density at radius 2 is 1.58 bits per heavy atom. The van der Waals surface area contributed by atoms with Gasteiger partial charge >= 0.3 is 0 Å². The van der Waals surface area contributed by atoms with Gasteiger partial charge in [0.05, 0.1) is 16.5 Å². The Balaban J connectivity index is 1.51. The number of amides is 2. The predicted octanol–water partition coefficient (Wildman–Crippen LogP) is 7.36. The molecule has 1 saturated carbocycles. The second-order valence-electron chi connectivity index (χ2n) is 7.40. The monoisotopic (exact) mass is 543 g/mol. The van der Waals surface area contributed by atoms with E-state index in [4.69, 9.17) is 58.0 Å². The molecular formula is C23H13Cl5FN2O2. The van der Waals surface area contributed by atoms with Crippen LogP contribution in [-0.2, 0) is 4.79 Å².